The monoisotopic (exact) mass is 290 g/mol. The maximum atomic E-state index is 11.8. The number of rotatable bonds is 4. The molecule has 114 valence electrons. The van der Waals surface area contributed by atoms with Gasteiger partial charge >= 0.3 is 6.03 Å². The molecule has 3 atom stereocenters. The molecule has 0 saturated carbocycles. The Kier molecular flexibility index (Phi) is 4.72. The zero-order valence-electron chi connectivity index (χ0n) is 12.1. The second-order valence-corrected chi connectivity index (χ2v) is 5.71. The number of hydrogen-bond donors (Lipinski definition) is 2. The second kappa shape index (κ2) is 6.91. The molecule has 0 bridgehead atoms. The van der Waals surface area contributed by atoms with E-state index in [1.807, 2.05) is 6.07 Å². The molecule has 21 heavy (non-hydrogen) atoms. The molecule has 2 amide bonds. The summed E-state index contributed by atoms with van der Waals surface area (Å²) < 4.78 is 11.0. The number of carbonyl (C=O) groups excluding carboxylic acids is 1. The zero-order chi connectivity index (χ0) is 14.5. The highest BCUT2D eigenvalue weighted by Crippen LogP contribution is 2.28. The van der Waals surface area contributed by atoms with Crippen molar-refractivity contribution in [2.45, 2.75) is 30.9 Å². The van der Waals surface area contributed by atoms with Crippen molar-refractivity contribution in [2.75, 3.05) is 26.4 Å². The van der Waals surface area contributed by atoms with E-state index >= 15 is 0 Å². The van der Waals surface area contributed by atoms with E-state index in [-0.39, 0.29) is 18.2 Å². The summed E-state index contributed by atoms with van der Waals surface area (Å²) in [6.45, 7) is 2.63. The highest BCUT2D eigenvalue weighted by Gasteiger charge is 2.27. The Hall–Kier alpha value is -1.59. The summed E-state index contributed by atoms with van der Waals surface area (Å²) in [6.07, 6.45) is 1.95. The van der Waals surface area contributed by atoms with Crippen LogP contribution in [-0.2, 0) is 9.47 Å². The summed E-state index contributed by atoms with van der Waals surface area (Å²) in [7, 11) is 0. The molecule has 0 aliphatic carbocycles. The van der Waals surface area contributed by atoms with E-state index in [0.29, 0.717) is 19.1 Å². The minimum absolute atomic E-state index is 0.0979. The van der Waals surface area contributed by atoms with Gasteiger partial charge in [-0.05, 0) is 18.4 Å². The average Bonchev–Trinajstić information content (AvgIpc) is 3.17. The van der Waals surface area contributed by atoms with Crippen LogP contribution in [0.2, 0.25) is 0 Å². The molecule has 2 N–H and O–H groups in total. The highest BCUT2D eigenvalue weighted by molar-refractivity contribution is 5.74. The first-order valence-corrected chi connectivity index (χ1v) is 7.60. The number of hydrogen-bond acceptors (Lipinski definition) is 3. The predicted octanol–water partition coefficient (Wildman–Crippen LogP) is 1.65. The number of ether oxygens (including phenoxy) is 2. The number of carbonyl (C=O) groups is 1. The van der Waals surface area contributed by atoms with Gasteiger partial charge in [0.1, 0.15) is 0 Å². The summed E-state index contributed by atoms with van der Waals surface area (Å²) in [5.74, 6) is 0.435. The van der Waals surface area contributed by atoms with Crippen molar-refractivity contribution in [1.29, 1.82) is 0 Å². The van der Waals surface area contributed by atoms with Crippen LogP contribution < -0.4 is 10.6 Å². The summed E-state index contributed by atoms with van der Waals surface area (Å²) >= 11 is 0. The normalized spacial score (nSPS) is 28.5. The molecule has 1 aromatic carbocycles. The number of benzene rings is 1. The Labute approximate surface area is 125 Å². The minimum Gasteiger partial charge on any atom is -0.379 e. The second-order valence-electron chi connectivity index (χ2n) is 5.71. The Morgan fingerprint density at radius 2 is 2.10 bits per heavy atom. The lowest BCUT2D eigenvalue weighted by atomic mass is 9.96. The van der Waals surface area contributed by atoms with Gasteiger partial charge in [0.25, 0.3) is 0 Å². The quantitative estimate of drug-likeness (QED) is 0.886. The molecular weight excluding hydrogens is 268 g/mol. The predicted molar refractivity (Wildman–Crippen MR) is 79.3 cm³/mol. The Bertz CT molecular complexity index is 460. The highest BCUT2D eigenvalue weighted by atomic mass is 16.5. The van der Waals surface area contributed by atoms with E-state index in [0.717, 1.165) is 26.1 Å². The Morgan fingerprint density at radius 3 is 2.86 bits per heavy atom. The van der Waals surface area contributed by atoms with Gasteiger partial charge in [0, 0.05) is 19.1 Å². The van der Waals surface area contributed by atoms with Crippen LogP contribution in [0.1, 0.15) is 24.3 Å². The van der Waals surface area contributed by atoms with Crippen LogP contribution in [0.25, 0.3) is 0 Å². The molecule has 2 aliphatic heterocycles. The Balaban J connectivity index is 1.39. The van der Waals surface area contributed by atoms with Crippen molar-refractivity contribution in [1.82, 2.24) is 10.6 Å². The summed E-state index contributed by atoms with van der Waals surface area (Å²) in [5, 5.41) is 5.81. The molecule has 0 radical (unpaired) electrons. The maximum Gasteiger partial charge on any atom is 0.315 e. The van der Waals surface area contributed by atoms with Crippen LogP contribution in [0, 0.1) is 0 Å². The lowest BCUT2D eigenvalue weighted by Gasteiger charge is -2.14. The third kappa shape index (κ3) is 3.95. The maximum absolute atomic E-state index is 11.8. The zero-order valence-corrected chi connectivity index (χ0v) is 12.1. The largest absolute Gasteiger partial charge is 0.379 e. The van der Waals surface area contributed by atoms with Crippen LogP contribution in [0.15, 0.2) is 30.3 Å². The van der Waals surface area contributed by atoms with Crippen LogP contribution in [0.3, 0.4) is 0 Å². The molecule has 0 spiro atoms. The fourth-order valence-electron chi connectivity index (χ4n) is 2.90. The summed E-state index contributed by atoms with van der Waals surface area (Å²) in [6, 6.07) is 10.4. The molecule has 0 aromatic heterocycles. The SMILES string of the molecule is O=C(NC[C@@H]1C[C@H](c2ccccc2)CO1)N[C@@H]1CCOC1. The van der Waals surface area contributed by atoms with Gasteiger partial charge in [0.05, 0.1) is 25.4 Å². The molecule has 2 heterocycles. The van der Waals surface area contributed by atoms with Gasteiger partial charge in [0.15, 0.2) is 0 Å². The van der Waals surface area contributed by atoms with Crippen LogP contribution in [-0.4, -0.2) is 44.5 Å². The van der Waals surface area contributed by atoms with Crippen molar-refractivity contribution >= 4 is 6.03 Å². The van der Waals surface area contributed by atoms with E-state index < -0.39 is 0 Å². The minimum atomic E-state index is -0.128. The number of urea groups is 1. The molecule has 2 fully saturated rings. The van der Waals surface area contributed by atoms with E-state index in [1.54, 1.807) is 0 Å². The number of nitrogens with one attached hydrogen (secondary N) is 2. The lowest BCUT2D eigenvalue weighted by Crippen LogP contribution is -2.44. The van der Waals surface area contributed by atoms with Crippen LogP contribution in [0.5, 0.6) is 0 Å². The van der Waals surface area contributed by atoms with Gasteiger partial charge in [0.2, 0.25) is 0 Å². The standard InChI is InChI=1S/C16H22N2O3/c19-16(18-14-6-7-20-11-14)17-9-15-8-13(10-21-15)12-4-2-1-3-5-12/h1-5,13-15H,6-11H2,(H2,17,18,19)/t13-,14+,15-/m0/s1. The van der Waals surface area contributed by atoms with Crippen LogP contribution in [0.4, 0.5) is 4.79 Å². The van der Waals surface area contributed by atoms with Gasteiger partial charge in [-0.25, -0.2) is 4.79 Å². The molecule has 1 aromatic rings. The van der Waals surface area contributed by atoms with Crippen LogP contribution >= 0.6 is 0 Å². The molecule has 5 heteroatoms. The third-order valence-corrected chi connectivity index (χ3v) is 4.11. The van der Waals surface area contributed by atoms with Crippen molar-refractivity contribution in [3.63, 3.8) is 0 Å². The topological polar surface area (TPSA) is 59.6 Å². The molecular formula is C16H22N2O3. The molecule has 2 saturated heterocycles. The van der Waals surface area contributed by atoms with Gasteiger partial charge < -0.3 is 20.1 Å². The van der Waals surface area contributed by atoms with Gasteiger partial charge in [-0.1, -0.05) is 30.3 Å². The van der Waals surface area contributed by atoms with Gasteiger partial charge in [-0.3, -0.25) is 0 Å². The van der Waals surface area contributed by atoms with Gasteiger partial charge in [-0.2, -0.15) is 0 Å². The Morgan fingerprint density at radius 1 is 1.24 bits per heavy atom. The van der Waals surface area contributed by atoms with E-state index in [2.05, 4.69) is 34.9 Å². The lowest BCUT2D eigenvalue weighted by molar-refractivity contribution is 0.109. The van der Waals surface area contributed by atoms with Crippen molar-refractivity contribution in [3.05, 3.63) is 35.9 Å². The third-order valence-electron chi connectivity index (χ3n) is 4.11. The van der Waals surface area contributed by atoms with Crippen molar-refractivity contribution < 1.29 is 14.3 Å². The average molecular weight is 290 g/mol. The van der Waals surface area contributed by atoms with E-state index in [9.17, 15) is 4.79 Å². The van der Waals surface area contributed by atoms with Crippen molar-refractivity contribution in [3.8, 4) is 0 Å². The molecule has 0 unspecified atom stereocenters. The fraction of sp³-hybridized carbons (Fsp3) is 0.562. The first kappa shape index (κ1) is 14.4. The molecule has 2 aliphatic rings. The van der Waals surface area contributed by atoms with E-state index in [1.165, 1.54) is 5.56 Å². The van der Waals surface area contributed by atoms with Gasteiger partial charge in [-0.15, -0.1) is 0 Å². The van der Waals surface area contributed by atoms with E-state index in [4.69, 9.17) is 9.47 Å². The number of amides is 2. The first-order valence-electron chi connectivity index (χ1n) is 7.60. The van der Waals surface area contributed by atoms with Crippen molar-refractivity contribution in [2.24, 2.45) is 0 Å². The summed E-state index contributed by atoms with van der Waals surface area (Å²) in [4.78, 5) is 11.8. The molecule has 3 rings (SSSR count). The fourth-order valence-corrected chi connectivity index (χ4v) is 2.90. The first-order chi connectivity index (χ1) is 10.3. The smallest absolute Gasteiger partial charge is 0.315 e. The molecule has 5 nitrogen and oxygen atoms in total. The summed E-state index contributed by atoms with van der Waals surface area (Å²) in [5.41, 5.74) is 1.31.